The number of nitrogen functional groups attached to an aromatic ring is 2. The average molecular weight is 392 g/mol. The molecule has 0 radical (unpaired) electrons. The summed E-state index contributed by atoms with van der Waals surface area (Å²) in [6, 6.07) is 17.0. The Balaban J connectivity index is 1.72. The van der Waals surface area contributed by atoms with Crippen molar-refractivity contribution in [2.24, 2.45) is 0 Å². The topological polar surface area (TPSA) is 146 Å². The summed E-state index contributed by atoms with van der Waals surface area (Å²) in [6.07, 6.45) is 0.264. The van der Waals surface area contributed by atoms with E-state index in [9.17, 15) is 9.59 Å². The minimum atomic E-state index is -0.901. The monoisotopic (exact) mass is 392 g/mol. The van der Waals surface area contributed by atoms with Gasteiger partial charge >= 0.3 is 5.97 Å². The van der Waals surface area contributed by atoms with E-state index in [1.807, 2.05) is 30.3 Å². The number of carbonyl (C=O) groups excluding carboxylic acids is 2. The number of aromatic nitrogens is 3. The Hall–Kier alpha value is -4.01. The molecule has 9 heteroatoms. The molecule has 5 N–H and O–H groups in total. The fraction of sp³-hybridized carbons (Fsp3) is 0.150. The molecular formula is C20H20N6O3. The zero-order valence-electron chi connectivity index (χ0n) is 15.5. The maximum absolute atomic E-state index is 12.7. The van der Waals surface area contributed by atoms with E-state index in [0.29, 0.717) is 5.56 Å². The SMILES string of the molecule is Nc1nc(N)nc(COC(=O)C(Cc2ccccc2)NC(=O)c2ccccc2)n1. The first kappa shape index (κ1) is 19.7. The van der Waals surface area contributed by atoms with E-state index in [4.69, 9.17) is 16.2 Å². The van der Waals surface area contributed by atoms with Crippen molar-refractivity contribution in [3.63, 3.8) is 0 Å². The third-order valence-corrected chi connectivity index (χ3v) is 3.97. The second-order valence-corrected chi connectivity index (χ2v) is 6.16. The number of hydrogen-bond acceptors (Lipinski definition) is 8. The molecule has 0 fully saturated rings. The summed E-state index contributed by atoms with van der Waals surface area (Å²) < 4.78 is 5.29. The lowest BCUT2D eigenvalue weighted by Gasteiger charge is -2.18. The van der Waals surface area contributed by atoms with Crippen molar-refractivity contribution in [1.82, 2.24) is 20.3 Å². The summed E-state index contributed by atoms with van der Waals surface area (Å²) in [4.78, 5) is 36.6. The van der Waals surface area contributed by atoms with Crippen molar-refractivity contribution < 1.29 is 14.3 Å². The van der Waals surface area contributed by atoms with Gasteiger partial charge in [0.05, 0.1) is 0 Å². The Kier molecular flexibility index (Phi) is 6.31. The minimum absolute atomic E-state index is 0.0678. The molecule has 1 amide bonds. The first-order valence-corrected chi connectivity index (χ1v) is 8.83. The van der Waals surface area contributed by atoms with Gasteiger partial charge in [-0.05, 0) is 17.7 Å². The Morgan fingerprint density at radius 1 is 0.897 bits per heavy atom. The van der Waals surface area contributed by atoms with Crippen LogP contribution in [-0.2, 0) is 22.6 Å². The highest BCUT2D eigenvalue weighted by Crippen LogP contribution is 2.08. The van der Waals surface area contributed by atoms with Crippen LogP contribution in [0.3, 0.4) is 0 Å². The maximum atomic E-state index is 12.7. The molecule has 1 unspecified atom stereocenters. The average Bonchev–Trinajstić information content (AvgIpc) is 2.72. The van der Waals surface area contributed by atoms with Crippen LogP contribution in [0.25, 0.3) is 0 Å². The van der Waals surface area contributed by atoms with Crippen LogP contribution in [0.4, 0.5) is 11.9 Å². The quantitative estimate of drug-likeness (QED) is 0.507. The summed E-state index contributed by atoms with van der Waals surface area (Å²) in [5.41, 5.74) is 12.3. The van der Waals surface area contributed by atoms with E-state index >= 15 is 0 Å². The van der Waals surface area contributed by atoms with Gasteiger partial charge in [-0.15, -0.1) is 0 Å². The number of rotatable bonds is 7. The van der Waals surface area contributed by atoms with Crippen LogP contribution < -0.4 is 16.8 Å². The standard InChI is InChI=1S/C20H20N6O3/c21-19-24-16(25-20(22)26-19)12-29-18(28)15(11-13-7-3-1-4-8-13)23-17(27)14-9-5-2-6-10-14/h1-10,15H,11-12H2,(H,23,27)(H4,21,22,24,25,26). The molecule has 0 aliphatic carbocycles. The van der Waals surface area contributed by atoms with Crippen molar-refractivity contribution in [2.75, 3.05) is 11.5 Å². The third kappa shape index (κ3) is 5.73. The van der Waals surface area contributed by atoms with Crippen molar-refractivity contribution in [3.8, 4) is 0 Å². The molecule has 0 aliphatic rings. The molecule has 0 saturated heterocycles. The lowest BCUT2D eigenvalue weighted by molar-refractivity contribution is -0.147. The lowest BCUT2D eigenvalue weighted by Crippen LogP contribution is -2.43. The third-order valence-electron chi connectivity index (χ3n) is 3.97. The molecule has 3 aromatic rings. The van der Waals surface area contributed by atoms with Gasteiger partial charge in [0.1, 0.15) is 6.04 Å². The number of carbonyl (C=O) groups is 2. The van der Waals surface area contributed by atoms with Crippen LogP contribution in [0.15, 0.2) is 60.7 Å². The smallest absolute Gasteiger partial charge is 0.329 e. The number of anilines is 2. The van der Waals surface area contributed by atoms with Gasteiger partial charge in [-0.3, -0.25) is 4.79 Å². The number of nitrogens with two attached hydrogens (primary N) is 2. The molecule has 3 rings (SSSR count). The molecule has 0 aliphatic heterocycles. The van der Waals surface area contributed by atoms with E-state index < -0.39 is 12.0 Å². The molecule has 0 saturated carbocycles. The number of benzene rings is 2. The Bertz CT molecular complexity index is 962. The fourth-order valence-corrected chi connectivity index (χ4v) is 2.63. The van der Waals surface area contributed by atoms with Crippen molar-refractivity contribution in [2.45, 2.75) is 19.1 Å². The van der Waals surface area contributed by atoms with Crippen LogP contribution in [0, 0.1) is 0 Å². The molecule has 1 aromatic heterocycles. The molecule has 1 atom stereocenters. The molecule has 148 valence electrons. The van der Waals surface area contributed by atoms with Crippen LogP contribution >= 0.6 is 0 Å². The first-order valence-electron chi connectivity index (χ1n) is 8.83. The Morgan fingerprint density at radius 3 is 2.10 bits per heavy atom. The van der Waals surface area contributed by atoms with Crippen molar-refractivity contribution in [1.29, 1.82) is 0 Å². The van der Waals surface area contributed by atoms with Crippen molar-refractivity contribution >= 4 is 23.8 Å². The zero-order chi connectivity index (χ0) is 20.6. The maximum Gasteiger partial charge on any atom is 0.329 e. The van der Waals surface area contributed by atoms with Crippen LogP contribution in [0.2, 0.25) is 0 Å². The molecular weight excluding hydrogens is 372 g/mol. The first-order chi connectivity index (χ1) is 14.0. The van der Waals surface area contributed by atoms with Gasteiger partial charge in [0.25, 0.3) is 5.91 Å². The Morgan fingerprint density at radius 2 is 1.48 bits per heavy atom. The molecule has 9 nitrogen and oxygen atoms in total. The van der Waals surface area contributed by atoms with Crippen LogP contribution in [0.5, 0.6) is 0 Å². The van der Waals surface area contributed by atoms with Gasteiger partial charge in [-0.1, -0.05) is 48.5 Å². The number of nitrogens with one attached hydrogen (secondary N) is 1. The predicted molar refractivity (Wildman–Crippen MR) is 106 cm³/mol. The van der Waals surface area contributed by atoms with Gasteiger partial charge in [0.2, 0.25) is 11.9 Å². The highest BCUT2D eigenvalue weighted by Gasteiger charge is 2.24. The summed E-state index contributed by atoms with van der Waals surface area (Å²) in [5.74, 6) is -1.02. The number of amides is 1. The van der Waals surface area contributed by atoms with Crippen molar-refractivity contribution in [3.05, 3.63) is 77.6 Å². The number of ether oxygens (including phenoxy) is 1. The van der Waals surface area contributed by atoms with Gasteiger partial charge in [0.15, 0.2) is 12.4 Å². The van der Waals surface area contributed by atoms with E-state index in [1.54, 1.807) is 30.3 Å². The fourth-order valence-electron chi connectivity index (χ4n) is 2.63. The Labute approximate surface area is 167 Å². The summed E-state index contributed by atoms with van der Waals surface area (Å²) in [7, 11) is 0. The summed E-state index contributed by atoms with van der Waals surface area (Å²) >= 11 is 0. The second kappa shape index (κ2) is 9.27. The van der Waals surface area contributed by atoms with E-state index in [2.05, 4.69) is 20.3 Å². The van der Waals surface area contributed by atoms with Gasteiger partial charge < -0.3 is 21.5 Å². The summed E-state index contributed by atoms with van der Waals surface area (Å²) in [5, 5.41) is 2.72. The van der Waals surface area contributed by atoms with E-state index in [1.165, 1.54) is 0 Å². The normalized spacial score (nSPS) is 11.4. The molecule has 0 bridgehead atoms. The highest BCUT2D eigenvalue weighted by atomic mass is 16.5. The van der Waals surface area contributed by atoms with E-state index in [-0.39, 0.29) is 36.7 Å². The van der Waals surface area contributed by atoms with Crippen LogP contribution in [-0.4, -0.2) is 32.9 Å². The number of hydrogen-bond donors (Lipinski definition) is 3. The largest absolute Gasteiger partial charge is 0.456 e. The number of esters is 1. The molecule has 2 aromatic carbocycles. The van der Waals surface area contributed by atoms with Gasteiger partial charge in [-0.2, -0.15) is 15.0 Å². The van der Waals surface area contributed by atoms with E-state index in [0.717, 1.165) is 5.56 Å². The highest BCUT2D eigenvalue weighted by molar-refractivity contribution is 5.96. The van der Waals surface area contributed by atoms with Crippen LogP contribution in [0.1, 0.15) is 21.7 Å². The predicted octanol–water partition coefficient (Wildman–Crippen LogP) is 1.12. The molecule has 1 heterocycles. The number of nitrogens with zero attached hydrogens (tertiary/aromatic N) is 3. The summed E-state index contributed by atoms with van der Waals surface area (Å²) in [6.45, 7) is -0.248. The van der Waals surface area contributed by atoms with Gasteiger partial charge in [0, 0.05) is 12.0 Å². The zero-order valence-corrected chi connectivity index (χ0v) is 15.5. The molecule has 29 heavy (non-hydrogen) atoms. The molecule has 0 spiro atoms. The van der Waals surface area contributed by atoms with Gasteiger partial charge in [-0.25, -0.2) is 4.79 Å². The lowest BCUT2D eigenvalue weighted by atomic mass is 10.1. The second-order valence-electron chi connectivity index (χ2n) is 6.16. The minimum Gasteiger partial charge on any atom is -0.456 e.